The van der Waals surface area contributed by atoms with E-state index in [2.05, 4.69) is 5.32 Å². The van der Waals surface area contributed by atoms with E-state index in [-0.39, 0.29) is 28.3 Å². The Kier molecular flexibility index (Phi) is 6.98. The fraction of sp³-hybridized carbons (Fsp3) is 0.400. The van der Waals surface area contributed by atoms with Gasteiger partial charge in [0.25, 0.3) is 5.91 Å². The Balaban J connectivity index is 1.55. The molecule has 1 N–H and O–H groups in total. The van der Waals surface area contributed by atoms with E-state index in [4.69, 9.17) is 16.3 Å². The van der Waals surface area contributed by atoms with Crippen LogP contribution < -0.4 is 5.32 Å². The van der Waals surface area contributed by atoms with E-state index in [1.54, 1.807) is 30.3 Å². The van der Waals surface area contributed by atoms with Crippen LogP contribution in [0.4, 0.5) is 18.9 Å². The summed E-state index contributed by atoms with van der Waals surface area (Å²) in [5.41, 5.74) is -0.848. The highest BCUT2D eigenvalue weighted by molar-refractivity contribution is 6.33. The van der Waals surface area contributed by atoms with Crippen LogP contribution >= 0.6 is 11.6 Å². The Morgan fingerprint density at radius 2 is 1.68 bits per heavy atom. The summed E-state index contributed by atoms with van der Waals surface area (Å²) in [6.45, 7) is 0. The molecular weight excluding hydrogens is 471 g/mol. The van der Waals surface area contributed by atoms with Crippen molar-refractivity contribution in [3.8, 4) is 0 Å². The molecule has 2 aromatic carbocycles. The number of fused-ring (bicyclic) bond motifs is 2. The van der Waals surface area contributed by atoms with E-state index in [1.165, 1.54) is 0 Å². The van der Waals surface area contributed by atoms with Crippen molar-refractivity contribution in [2.45, 2.75) is 44.4 Å². The Hall–Kier alpha value is -2.87. The Labute approximate surface area is 199 Å². The number of ketones is 1. The van der Waals surface area contributed by atoms with E-state index >= 15 is 0 Å². The SMILES string of the molecule is O=C(O[C@@H](C(=O)Nc1cc(C(F)(F)F)ccc1Cl)c1ccccc1)C1C[C@@H]2CCC[C@@H](C1)C2=O. The van der Waals surface area contributed by atoms with Gasteiger partial charge in [0.2, 0.25) is 6.10 Å². The molecule has 2 aliphatic rings. The van der Waals surface area contributed by atoms with Crippen LogP contribution in [0.15, 0.2) is 48.5 Å². The molecule has 0 radical (unpaired) electrons. The van der Waals surface area contributed by atoms with Gasteiger partial charge in [-0.25, -0.2) is 0 Å². The maximum absolute atomic E-state index is 13.1. The number of esters is 1. The van der Waals surface area contributed by atoms with Crippen LogP contribution in [-0.2, 0) is 25.3 Å². The minimum absolute atomic E-state index is 0.0851. The average molecular weight is 494 g/mol. The predicted octanol–water partition coefficient (Wildman–Crippen LogP) is 5.98. The van der Waals surface area contributed by atoms with Crippen LogP contribution in [0.25, 0.3) is 0 Å². The van der Waals surface area contributed by atoms with Crippen LogP contribution in [0.3, 0.4) is 0 Å². The van der Waals surface area contributed by atoms with Crippen molar-refractivity contribution in [3.63, 3.8) is 0 Å². The molecule has 0 spiro atoms. The molecule has 3 atom stereocenters. The van der Waals surface area contributed by atoms with Gasteiger partial charge in [0, 0.05) is 17.4 Å². The van der Waals surface area contributed by atoms with Crippen LogP contribution in [0.1, 0.15) is 49.3 Å². The van der Waals surface area contributed by atoms with Crippen molar-refractivity contribution < 1.29 is 32.3 Å². The first kappa shape index (κ1) is 24.3. The van der Waals surface area contributed by atoms with Crippen molar-refractivity contribution in [1.82, 2.24) is 0 Å². The smallest absolute Gasteiger partial charge is 0.416 e. The van der Waals surface area contributed by atoms with Gasteiger partial charge in [-0.1, -0.05) is 48.4 Å². The van der Waals surface area contributed by atoms with Gasteiger partial charge < -0.3 is 10.1 Å². The topological polar surface area (TPSA) is 72.5 Å². The monoisotopic (exact) mass is 493 g/mol. The third-order valence-electron chi connectivity index (χ3n) is 6.51. The summed E-state index contributed by atoms with van der Waals surface area (Å²) in [4.78, 5) is 38.5. The van der Waals surface area contributed by atoms with Gasteiger partial charge in [-0.2, -0.15) is 13.2 Å². The van der Waals surface area contributed by atoms with Crippen molar-refractivity contribution in [3.05, 3.63) is 64.7 Å². The maximum Gasteiger partial charge on any atom is 0.416 e. The normalized spacial score (nSPS) is 23.2. The Bertz CT molecular complexity index is 1070. The molecule has 2 aliphatic carbocycles. The number of rotatable bonds is 5. The molecule has 9 heteroatoms. The second kappa shape index (κ2) is 9.78. The lowest BCUT2D eigenvalue weighted by Gasteiger charge is -2.36. The van der Waals surface area contributed by atoms with E-state index in [0.29, 0.717) is 18.4 Å². The molecular formula is C25H23ClF3NO4. The van der Waals surface area contributed by atoms with Gasteiger partial charge >= 0.3 is 12.1 Å². The third kappa shape index (κ3) is 5.27. The zero-order chi connectivity index (χ0) is 24.5. The van der Waals surface area contributed by atoms with Crippen molar-refractivity contribution in [2.24, 2.45) is 17.8 Å². The predicted molar refractivity (Wildman–Crippen MR) is 119 cm³/mol. The van der Waals surface area contributed by atoms with E-state index < -0.39 is 35.6 Å². The summed E-state index contributed by atoms with van der Waals surface area (Å²) in [5.74, 6) is -2.07. The first-order chi connectivity index (χ1) is 16.1. The quantitative estimate of drug-likeness (QED) is 0.520. The molecule has 4 rings (SSSR count). The first-order valence-electron chi connectivity index (χ1n) is 11.1. The van der Waals surface area contributed by atoms with Gasteiger partial charge in [0.1, 0.15) is 5.78 Å². The van der Waals surface area contributed by atoms with E-state index in [9.17, 15) is 27.6 Å². The number of carbonyl (C=O) groups is 3. The van der Waals surface area contributed by atoms with Gasteiger partial charge in [-0.05, 0) is 43.9 Å². The number of nitrogens with one attached hydrogen (secondary N) is 1. The molecule has 1 amide bonds. The number of halogens is 4. The average Bonchev–Trinajstić information content (AvgIpc) is 2.78. The van der Waals surface area contributed by atoms with E-state index in [1.807, 2.05) is 0 Å². The van der Waals surface area contributed by atoms with Gasteiger partial charge in [0.15, 0.2) is 0 Å². The van der Waals surface area contributed by atoms with Gasteiger partial charge in [-0.3, -0.25) is 14.4 Å². The number of amides is 1. The zero-order valence-electron chi connectivity index (χ0n) is 18.1. The first-order valence-corrected chi connectivity index (χ1v) is 11.5. The molecule has 0 aliphatic heterocycles. The lowest BCUT2D eigenvalue weighted by molar-refractivity contribution is -0.162. The molecule has 0 unspecified atom stereocenters. The number of alkyl halides is 3. The number of anilines is 1. The van der Waals surface area contributed by atoms with Gasteiger partial charge in [-0.15, -0.1) is 0 Å². The molecule has 2 aromatic rings. The highest BCUT2D eigenvalue weighted by Gasteiger charge is 2.43. The summed E-state index contributed by atoms with van der Waals surface area (Å²) in [6, 6.07) is 10.8. The highest BCUT2D eigenvalue weighted by Crippen LogP contribution is 2.41. The lowest BCUT2D eigenvalue weighted by atomic mass is 9.67. The van der Waals surface area contributed by atoms with Crippen LogP contribution in [0.2, 0.25) is 5.02 Å². The summed E-state index contributed by atoms with van der Waals surface area (Å²) in [7, 11) is 0. The summed E-state index contributed by atoms with van der Waals surface area (Å²) in [6.07, 6.45) is -2.79. The number of ether oxygens (including phenoxy) is 1. The van der Waals surface area contributed by atoms with E-state index in [0.717, 1.165) is 37.5 Å². The molecule has 5 nitrogen and oxygen atoms in total. The number of hydrogen-bond acceptors (Lipinski definition) is 4. The number of benzene rings is 2. The number of carbonyl (C=O) groups excluding carboxylic acids is 3. The molecule has 2 saturated carbocycles. The molecule has 0 aromatic heterocycles. The second-order valence-electron chi connectivity index (χ2n) is 8.80. The van der Waals surface area contributed by atoms with Crippen LogP contribution in [0.5, 0.6) is 0 Å². The number of Topliss-reactive ketones (excluding diaryl/α,β-unsaturated/α-hetero) is 1. The molecule has 34 heavy (non-hydrogen) atoms. The molecule has 2 fully saturated rings. The molecule has 180 valence electrons. The molecule has 2 bridgehead atoms. The van der Waals surface area contributed by atoms with Crippen molar-refractivity contribution in [2.75, 3.05) is 5.32 Å². The Morgan fingerprint density at radius 3 is 2.29 bits per heavy atom. The maximum atomic E-state index is 13.1. The van der Waals surface area contributed by atoms with Crippen molar-refractivity contribution >= 4 is 34.9 Å². The fourth-order valence-electron chi connectivity index (χ4n) is 4.78. The van der Waals surface area contributed by atoms with Crippen molar-refractivity contribution in [1.29, 1.82) is 0 Å². The van der Waals surface area contributed by atoms with Gasteiger partial charge in [0.05, 0.1) is 22.2 Å². The molecule has 0 heterocycles. The molecule has 0 saturated heterocycles. The minimum Gasteiger partial charge on any atom is -0.447 e. The Morgan fingerprint density at radius 1 is 1.03 bits per heavy atom. The zero-order valence-corrected chi connectivity index (χ0v) is 18.9. The third-order valence-corrected chi connectivity index (χ3v) is 6.84. The second-order valence-corrected chi connectivity index (χ2v) is 9.21. The summed E-state index contributed by atoms with van der Waals surface area (Å²) in [5, 5.41) is 2.29. The highest BCUT2D eigenvalue weighted by atomic mass is 35.5. The van der Waals surface area contributed by atoms with Crippen LogP contribution in [0, 0.1) is 17.8 Å². The van der Waals surface area contributed by atoms with Crippen LogP contribution in [-0.4, -0.2) is 17.7 Å². The largest absolute Gasteiger partial charge is 0.447 e. The lowest BCUT2D eigenvalue weighted by Crippen LogP contribution is -2.40. The number of hydrogen-bond donors (Lipinski definition) is 1. The summed E-state index contributed by atoms with van der Waals surface area (Å²) < 4.78 is 45.0. The fourth-order valence-corrected chi connectivity index (χ4v) is 4.95. The standard InChI is InChI=1S/C25H23ClF3NO4/c26-19-10-9-18(25(27,28)29)13-20(19)30-23(32)22(14-5-2-1-3-6-14)34-24(33)17-11-15-7-4-8-16(12-17)21(15)31/h1-3,5-6,9-10,13,15-17,22H,4,7-8,11-12H2,(H,30,32)/t15-,16-,22+/m0/s1. The minimum atomic E-state index is -4.62. The summed E-state index contributed by atoms with van der Waals surface area (Å²) >= 11 is 6.01.